The molecule has 2 N–H and O–H groups in total. The van der Waals surface area contributed by atoms with Gasteiger partial charge in [-0.15, -0.1) is 0 Å². The Morgan fingerprint density at radius 2 is 2.04 bits per heavy atom. The fourth-order valence-electron chi connectivity index (χ4n) is 4.00. The number of H-pyrrole nitrogens is 1. The van der Waals surface area contributed by atoms with E-state index in [1.807, 2.05) is 30.3 Å². The molecule has 7 heteroatoms. The van der Waals surface area contributed by atoms with E-state index in [9.17, 15) is 14.7 Å². The zero-order valence-electron chi connectivity index (χ0n) is 14.2. The molecule has 1 aromatic heterocycles. The molecule has 1 saturated heterocycles. The van der Waals surface area contributed by atoms with Gasteiger partial charge in [0.05, 0.1) is 11.1 Å². The maximum Gasteiger partial charge on any atom is 0.326 e. The van der Waals surface area contributed by atoms with Gasteiger partial charge >= 0.3 is 5.97 Å². The molecule has 1 aromatic carbocycles. The second kappa shape index (κ2) is 6.43. The fourth-order valence-corrected chi connectivity index (χ4v) is 4.33. The summed E-state index contributed by atoms with van der Waals surface area (Å²) in [4.78, 5) is 26.3. The number of carboxylic acid groups (broad SMARTS) is 1. The van der Waals surface area contributed by atoms with Crippen LogP contribution in [-0.4, -0.2) is 44.7 Å². The van der Waals surface area contributed by atoms with E-state index in [0.29, 0.717) is 37.4 Å². The Morgan fingerprint density at radius 1 is 1.31 bits per heavy atom. The van der Waals surface area contributed by atoms with Gasteiger partial charge < -0.3 is 10.0 Å². The van der Waals surface area contributed by atoms with Gasteiger partial charge in [-0.1, -0.05) is 41.9 Å². The van der Waals surface area contributed by atoms with E-state index < -0.39 is 17.4 Å². The first kappa shape index (κ1) is 17.1. The first-order valence-corrected chi connectivity index (χ1v) is 9.22. The standard InChI is InChI=1S/C19H20ClN3O3/c20-16-15(13(21-22-16)11-12-5-2-1-3-6-12)19(8-9-19)18(26)23-10-4-7-14(23)17(24)25/h1-3,5-6,14H,4,7-11H2,(H,21,22)(H,24,25). The lowest BCUT2D eigenvalue weighted by Crippen LogP contribution is -2.45. The Hall–Kier alpha value is -2.34. The number of nitrogens with zero attached hydrogens (tertiary/aromatic N) is 2. The molecule has 2 heterocycles. The second-order valence-corrected chi connectivity index (χ2v) is 7.48. The zero-order chi connectivity index (χ0) is 18.3. The summed E-state index contributed by atoms with van der Waals surface area (Å²) in [6, 6.07) is 9.16. The third-order valence-corrected chi connectivity index (χ3v) is 5.72. The van der Waals surface area contributed by atoms with Gasteiger partial charge in [0.1, 0.15) is 11.2 Å². The van der Waals surface area contributed by atoms with Crippen LogP contribution in [0.25, 0.3) is 0 Å². The lowest BCUT2D eigenvalue weighted by Gasteiger charge is -2.27. The predicted octanol–water partition coefficient (Wildman–Crippen LogP) is 2.76. The van der Waals surface area contributed by atoms with E-state index in [1.165, 1.54) is 4.90 Å². The molecule has 1 amide bonds. The molecule has 0 bridgehead atoms. The highest BCUT2D eigenvalue weighted by atomic mass is 35.5. The molecular weight excluding hydrogens is 354 g/mol. The van der Waals surface area contributed by atoms with Crippen LogP contribution in [0.4, 0.5) is 0 Å². The summed E-state index contributed by atoms with van der Waals surface area (Å²) >= 11 is 6.38. The van der Waals surface area contributed by atoms with E-state index in [-0.39, 0.29) is 5.91 Å². The Morgan fingerprint density at radius 3 is 2.69 bits per heavy atom. The molecule has 1 unspecified atom stereocenters. The summed E-state index contributed by atoms with van der Waals surface area (Å²) in [5.41, 5.74) is 1.86. The quantitative estimate of drug-likeness (QED) is 0.843. The van der Waals surface area contributed by atoms with Crippen LogP contribution < -0.4 is 0 Å². The van der Waals surface area contributed by atoms with Crippen molar-refractivity contribution in [2.75, 3.05) is 6.54 Å². The largest absolute Gasteiger partial charge is 0.480 e. The molecular formula is C19H20ClN3O3. The van der Waals surface area contributed by atoms with Crippen molar-refractivity contribution in [1.29, 1.82) is 0 Å². The van der Waals surface area contributed by atoms with Crippen LogP contribution in [0.3, 0.4) is 0 Å². The number of hydrogen-bond acceptors (Lipinski definition) is 3. The molecule has 1 atom stereocenters. The van der Waals surface area contributed by atoms with E-state index in [1.54, 1.807) is 0 Å². The number of aromatic amines is 1. The summed E-state index contributed by atoms with van der Waals surface area (Å²) in [6.07, 6.45) is 3.16. The zero-order valence-corrected chi connectivity index (χ0v) is 15.0. The monoisotopic (exact) mass is 373 g/mol. The Balaban J connectivity index is 1.66. The number of carbonyl (C=O) groups excluding carboxylic acids is 1. The van der Waals surface area contributed by atoms with Crippen molar-refractivity contribution in [3.63, 3.8) is 0 Å². The van der Waals surface area contributed by atoms with Crippen molar-refractivity contribution < 1.29 is 14.7 Å². The van der Waals surface area contributed by atoms with Gasteiger partial charge in [0.25, 0.3) is 0 Å². The van der Waals surface area contributed by atoms with E-state index in [2.05, 4.69) is 10.2 Å². The second-order valence-electron chi connectivity index (χ2n) is 7.10. The Bertz CT molecular complexity index is 845. The highest BCUT2D eigenvalue weighted by Crippen LogP contribution is 2.53. The van der Waals surface area contributed by atoms with Crippen molar-refractivity contribution >= 4 is 23.5 Å². The van der Waals surface area contributed by atoms with Crippen LogP contribution in [0.2, 0.25) is 5.15 Å². The average molecular weight is 374 g/mol. The van der Waals surface area contributed by atoms with Crippen LogP contribution in [0, 0.1) is 0 Å². The number of carboxylic acids is 1. The molecule has 136 valence electrons. The van der Waals surface area contributed by atoms with Crippen molar-refractivity contribution in [2.24, 2.45) is 0 Å². The molecule has 4 rings (SSSR count). The highest BCUT2D eigenvalue weighted by Gasteiger charge is 2.57. The van der Waals surface area contributed by atoms with E-state index in [4.69, 9.17) is 11.6 Å². The molecule has 0 radical (unpaired) electrons. The number of halogens is 1. The van der Waals surface area contributed by atoms with Crippen molar-refractivity contribution in [1.82, 2.24) is 15.1 Å². The minimum Gasteiger partial charge on any atom is -0.480 e. The van der Waals surface area contributed by atoms with Gasteiger partial charge in [0.15, 0.2) is 0 Å². The number of hydrogen-bond donors (Lipinski definition) is 2. The number of rotatable bonds is 5. The number of amides is 1. The number of aromatic nitrogens is 2. The summed E-state index contributed by atoms with van der Waals surface area (Å²) in [5.74, 6) is -1.06. The summed E-state index contributed by atoms with van der Waals surface area (Å²) in [5, 5.41) is 16.9. The molecule has 1 saturated carbocycles. The first-order chi connectivity index (χ1) is 12.5. The number of carbonyl (C=O) groups is 2. The SMILES string of the molecule is O=C(O)C1CCCN1C(=O)C1(c2c(Cc3ccccc3)n[nH]c2Cl)CC1. The molecule has 1 aliphatic heterocycles. The number of likely N-dealkylation sites (tertiary alicyclic amines) is 1. The summed E-state index contributed by atoms with van der Waals surface area (Å²) in [6.45, 7) is 0.487. The Kier molecular flexibility index (Phi) is 4.23. The maximum absolute atomic E-state index is 13.3. The van der Waals surface area contributed by atoms with Gasteiger partial charge in [-0.05, 0) is 31.2 Å². The van der Waals surface area contributed by atoms with Gasteiger partial charge in [-0.2, -0.15) is 5.10 Å². The molecule has 2 aliphatic rings. The third kappa shape index (κ3) is 2.78. The topological polar surface area (TPSA) is 86.3 Å². The fraction of sp³-hybridized carbons (Fsp3) is 0.421. The van der Waals surface area contributed by atoms with Gasteiger partial charge in [0.2, 0.25) is 5.91 Å². The average Bonchev–Trinajstić information content (AvgIpc) is 3.11. The van der Waals surface area contributed by atoms with Crippen LogP contribution in [-0.2, 0) is 21.4 Å². The lowest BCUT2D eigenvalue weighted by molar-refractivity contribution is -0.149. The van der Waals surface area contributed by atoms with Crippen LogP contribution in [0.1, 0.15) is 42.5 Å². The predicted molar refractivity (Wildman–Crippen MR) is 96.1 cm³/mol. The molecule has 2 aromatic rings. The smallest absolute Gasteiger partial charge is 0.326 e. The van der Waals surface area contributed by atoms with Crippen molar-refractivity contribution in [3.8, 4) is 0 Å². The van der Waals surface area contributed by atoms with Crippen LogP contribution in [0.5, 0.6) is 0 Å². The normalized spacial score (nSPS) is 21.0. The lowest BCUT2D eigenvalue weighted by atomic mass is 9.92. The number of aliphatic carboxylic acids is 1. The number of nitrogens with one attached hydrogen (secondary N) is 1. The van der Waals surface area contributed by atoms with Gasteiger partial charge in [0, 0.05) is 18.5 Å². The highest BCUT2D eigenvalue weighted by molar-refractivity contribution is 6.30. The summed E-state index contributed by atoms with van der Waals surface area (Å²) in [7, 11) is 0. The third-order valence-electron chi connectivity index (χ3n) is 5.45. The number of benzene rings is 1. The van der Waals surface area contributed by atoms with E-state index in [0.717, 1.165) is 23.2 Å². The van der Waals surface area contributed by atoms with Crippen LogP contribution in [0.15, 0.2) is 30.3 Å². The molecule has 0 spiro atoms. The van der Waals surface area contributed by atoms with Crippen molar-refractivity contribution in [3.05, 3.63) is 52.3 Å². The van der Waals surface area contributed by atoms with Gasteiger partial charge in [-0.25, -0.2) is 4.79 Å². The minimum atomic E-state index is -0.936. The van der Waals surface area contributed by atoms with E-state index >= 15 is 0 Å². The maximum atomic E-state index is 13.3. The van der Waals surface area contributed by atoms with Crippen molar-refractivity contribution in [2.45, 2.75) is 43.6 Å². The minimum absolute atomic E-state index is 0.125. The van der Waals surface area contributed by atoms with Crippen LogP contribution >= 0.6 is 11.6 Å². The molecule has 26 heavy (non-hydrogen) atoms. The van der Waals surface area contributed by atoms with Gasteiger partial charge in [-0.3, -0.25) is 9.89 Å². The summed E-state index contributed by atoms with van der Waals surface area (Å²) < 4.78 is 0. The first-order valence-electron chi connectivity index (χ1n) is 8.84. The molecule has 1 aliphatic carbocycles. The molecule has 6 nitrogen and oxygen atoms in total. The molecule has 2 fully saturated rings. The Labute approximate surface area is 156 Å².